The number of aromatic nitrogens is 5. The first-order chi connectivity index (χ1) is 15.6. The lowest BCUT2D eigenvalue weighted by Gasteiger charge is -2.20. The van der Waals surface area contributed by atoms with Gasteiger partial charge in [-0.2, -0.15) is 9.97 Å². The number of aliphatic hydroxyl groups excluding tert-OH is 1. The third-order valence-electron chi connectivity index (χ3n) is 5.50. The number of hydrogen-bond acceptors (Lipinski definition) is 7. The van der Waals surface area contributed by atoms with Gasteiger partial charge >= 0.3 is 0 Å². The van der Waals surface area contributed by atoms with Gasteiger partial charge in [0.15, 0.2) is 17.0 Å². The number of fused-ring (bicyclic) bond motifs is 1. The van der Waals surface area contributed by atoms with Crippen LogP contribution in [0.3, 0.4) is 0 Å². The first-order valence-corrected chi connectivity index (χ1v) is 10.9. The molecule has 8 nitrogen and oxygen atoms in total. The van der Waals surface area contributed by atoms with Gasteiger partial charge in [0, 0.05) is 24.8 Å². The van der Waals surface area contributed by atoms with Gasteiger partial charge in [-0.05, 0) is 30.5 Å². The van der Waals surface area contributed by atoms with E-state index in [9.17, 15) is 5.11 Å². The molecule has 4 aromatic rings. The van der Waals surface area contributed by atoms with Crippen LogP contribution in [0.2, 0.25) is 0 Å². The monoisotopic (exact) mass is 431 g/mol. The van der Waals surface area contributed by atoms with E-state index in [1.165, 1.54) is 0 Å². The Kier molecular flexibility index (Phi) is 6.61. The Morgan fingerprint density at radius 3 is 2.50 bits per heavy atom. The first-order valence-electron chi connectivity index (χ1n) is 10.9. The Bertz CT molecular complexity index is 1160. The van der Waals surface area contributed by atoms with Gasteiger partial charge in [-0.25, -0.2) is 4.98 Å². The molecular weight excluding hydrogens is 402 g/mol. The van der Waals surface area contributed by atoms with Crippen molar-refractivity contribution in [2.45, 2.75) is 39.9 Å². The number of aryl methyl sites for hydroxylation is 1. The van der Waals surface area contributed by atoms with Crippen LogP contribution in [0.5, 0.6) is 0 Å². The number of nitrogens with one attached hydrogen (secondary N) is 2. The third kappa shape index (κ3) is 4.70. The maximum absolute atomic E-state index is 9.70. The molecule has 166 valence electrons. The molecule has 0 bridgehead atoms. The summed E-state index contributed by atoms with van der Waals surface area (Å²) in [5, 5.41) is 16.4. The predicted octanol–water partition coefficient (Wildman–Crippen LogP) is 3.95. The average Bonchev–Trinajstić information content (AvgIpc) is 3.25. The number of benzene rings is 1. The molecule has 4 rings (SSSR count). The number of aliphatic hydroxyl groups is 1. The second-order valence-electron chi connectivity index (χ2n) is 8.04. The quantitative estimate of drug-likeness (QED) is 0.369. The molecule has 1 aromatic carbocycles. The van der Waals surface area contributed by atoms with E-state index in [1.54, 1.807) is 12.5 Å². The highest BCUT2D eigenvalue weighted by Gasteiger charge is 2.17. The van der Waals surface area contributed by atoms with Crippen LogP contribution in [-0.2, 0) is 13.1 Å². The molecule has 0 aliphatic heterocycles. The average molecular weight is 432 g/mol. The molecule has 32 heavy (non-hydrogen) atoms. The minimum atomic E-state index is -0.127. The van der Waals surface area contributed by atoms with Crippen molar-refractivity contribution in [1.82, 2.24) is 24.5 Å². The normalized spacial score (nSPS) is 12.3. The summed E-state index contributed by atoms with van der Waals surface area (Å²) in [5.41, 5.74) is 4.65. The lowest BCUT2D eigenvalue weighted by atomic mass is 10.1. The highest BCUT2D eigenvalue weighted by atomic mass is 16.3. The Labute approximate surface area is 187 Å². The molecule has 0 spiro atoms. The zero-order chi connectivity index (χ0) is 22.5. The van der Waals surface area contributed by atoms with Crippen LogP contribution < -0.4 is 10.6 Å². The van der Waals surface area contributed by atoms with Crippen molar-refractivity contribution < 1.29 is 5.11 Å². The van der Waals surface area contributed by atoms with Gasteiger partial charge in [-0.3, -0.25) is 4.98 Å². The molecule has 3 aromatic heterocycles. The number of anilines is 2. The molecule has 3 N–H and O–H groups in total. The van der Waals surface area contributed by atoms with Gasteiger partial charge in [-0.1, -0.05) is 44.2 Å². The van der Waals surface area contributed by atoms with E-state index in [1.807, 2.05) is 22.8 Å². The zero-order valence-corrected chi connectivity index (χ0v) is 18.7. The van der Waals surface area contributed by atoms with Gasteiger partial charge < -0.3 is 20.3 Å². The van der Waals surface area contributed by atoms with E-state index in [2.05, 4.69) is 75.6 Å². The fourth-order valence-corrected chi connectivity index (χ4v) is 3.47. The third-order valence-corrected chi connectivity index (χ3v) is 5.50. The smallest absolute Gasteiger partial charge is 0.227 e. The number of nitrogens with zero attached hydrogens (tertiary/aromatic N) is 5. The van der Waals surface area contributed by atoms with Gasteiger partial charge in [0.05, 0.1) is 24.7 Å². The van der Waals surface area contributed by atoms with Crippen molar-refractivity contribution in [3.05, 3.63) is 60.6 Å². The Balaban J connectivity index is 1.57. The maximum Gasteiger partial charge on any atom is 0.227 e. The minimum Gasteiger partial charge on any atom is -0.394 e. The molecule has 0 saturated heterocycles. The molecule has 0 saturated carbocycles. The molecule has 0 radical (unpaired) electrons. The number of imidazole rings is 1. The summed E-state index contributed by atoms with van der Waals surface area (Å²) >= 11 is 0. The van der Waals surface area contributed by atoms with Gasteiger partial charge in [0.25, 0.3) is 0 Å². The van der Waals surface area contributed by atoms with Crippen LogP contribution >= 0.6 is 0 Å². The van der Waals surface area contributed by atoms with Crippen molar-refractivity contribution in [2.24, 2.45) is 5.92 Å². The SMILES string of the molecule is CCn1cnc2c(NCc3ccc(-c4ccccn4)cc3)nc(NC(CO)C(C)C)nc21. The van der Waals surface area contributed by atoms with E-state index >= 15 is 0 Å². The van der Waals surface area contributed by atoms with Crippen molar-refractivity contribution in [3.8, 4) is 11.3 Å². The van der Waals surface area contributed by atoms with Crippen LogP contribution in [-0.4, -0.2) is 42.3 Å². The van der Waals surface area contributed by atoms with E-state index in [0.717, 1.165) is 34.5 Å². The highest BCUT2D eigenvalue weighted by Crippen LogP contribution is 2.23. The van der Waals surface area contributed by atoms with Crippen molar-refractivity contribution in [1.29, 1.82) is 0 Å². The van der Waals surface area contributed by atoms with Crippen LogP contribution in [0.25, 0.3) is 22.4 Å². The topological polar surface area (TPSA) is 101 Å². The highest BCUT2D eigenvalue weighted by molar-refractivity contribution is 5.84. The molecule has 1 atom stereocenters. The summed E-state index contributed by atoms with van der Waals surface area (Å²) in [5.74, 6) is 1.39. The van der Waals surface area contributed by atoms with E-state index < -0.39 is 0 Å². The number of pyridine rings is 1. The Morgan fingerprint density at radius 1 is 1.03 bits per heavy atom. The summed E-state index contributed by atoms with van der Waals surface area (Å²) in [6, 6.07) is 14.1. The van der Waals surface area contributed by atoms with Gasteiger partial charge in [0.1, 0.15) is 0 Å². The summed E-state index contributed by atoms with van der Waals surface area (Å²) in [7, 11) is 0. The minimum absolute atomic E-state index is 0.0114. The largest absolute Gasteiger partial charge is 0.394 e. The lowest BCUT2D eigenvalue weighted by molar-refractivity contribution is 0.248. The second-order valence-corrected chi connectivity index (χ2v) is 8.04. The van der Waals surface area contributed by atoms with Gasteiger partial charge in [0.2, 0.25) is 5.95 Å². The number of hydrogen-bond donors (Lipinski definition) is 3. The zero-order valence-electron chi connectivity index (χ0n) is 18.7. The predicted molar refractivity (Wildman–Crippen MR) is 127 cm³/mol. The van der Waals surface area contributed by atoms with E-state index in [-0.39, 0.29) is 18.6 Å². The summed E-state index contributed by atoms with van der Waals surface area (Å²) in [6.07, 6.45) is 3.58. The van der Waals surface area contributed by atoms with Crippen LogP contribution in [0.15, 0.2) is 55.0 Å². The summed E-state index contributed by atoms with van der Waals surface area (Å²) in [6.45, 7) is 7.53. The molecule has 0 fully saturated rings. The fraction of sp³-hybridized carbons (Fsp3) is 0.333. The molecule has 8 heteroatoms. The van der Waals surface area contributed by atoms with Crippen LogP contribution in [0, 0.1) is 5.92 Å². The lowest BCUT2D eigenvalue weighted by Crippen LogP contribution is -2.30. The van der Waals surface area contributed by atoms with E-state index in [0.29, 0.717) is 18.3 Å². The molecule has 0 aliphatic carbocycles. The Morgan fingerprint density at radius 2 is 1.84 bits per heavy atom. The van der Waals surface area contributed by atoms with Crippen LogP contribution in [0.1, 0.15) is 26.3 Å². The molecule has 1 unspecified atom stereocenters. The van der Waals surface area contributed by atoms with Crippen molar-refractivity contribution in [3.63, 3.8) is 0 Å². The van der Waals surface area contributed by atoms with Crippen LogP contribution in [0.4, 0.5) is 11.8 Å². The Hall–Kier alpha value is -3.52. The maximum atomic E-state index is 9.70. The van der Waals surface area contributed by atoms with Crippen molar-refractivity contribution in [2.75, 3.05) is 17.2 Å². The van der Waals surface area contributed by atoms with Gasteiger partial charge in [-0.15, -0.1) is 0 Å². The summed E-state index contributed by atoms with van der Waals surface area (Å²) < 4.78 is 1.98. The van der Waals surface area contributed by atoms with E-state index in [4.69, 9.17) is 0 Å². The first kappa shape index (κ1) is 21.7. The summed E-state index contributed by atoms with van der Waals surface area (Å²) in [4.78, 5) is 18.2. The van der Waals surface area contributed by atoms with Crippen molar-refractivity contribution >= 4 is 22.9 Å². The molecule has 0 amide bonds. The number of rotatable bonds is 9. The fourth-order valence-electron chi connectivity index (χ4n) is 3.47. The molecule has 0 aliphatic rings. The molecular formula is C24H29N7O. The molecule has 3 heterocycles. The standard InChI is InChI=1S/C24H29N7O/c1-4-31-15-27-21-22(29-24(30-23(21)31)28-20(14-32)16(2)3)26-13-17-8-10-18(11-9-17)19-7-5-6-12-25-19/h5-12,15-16,20,32H,4,13-14H2,1-3H3,(H2,26,28,29,30). The second kappa shape index (κ2) is 9.74.